The largest absolute Gasteiger partial charge is 0.359 e. The third kappa shape index (κ3) is 3.43. The highest BCUT2D eigenvalue weighted by Crippen LogP contribution is 2.28. The first-order chi connectivity index (χ1) is 13.7. The van der Waals surface area contributed by atoms with Crippen LogP contribution in [0.25, 0.3) is 22.3 Å². The van der Waals surface area contributed by atoms with Crippen LogP contribution in [-0.2, 0) is 6.54 Å². The molecule has 6 nitrogen and oxygen atoms in total. The fraction of sp³-hybridized carbons (Fsp3) is 0.318. The van der Waals surface area contributed by atoms with Gasteiger partial charge in [0.1, 0.15) is 11.5 Å². The van der Waals surface area contributed by atoms with Gasteiger partial charge in [-0.15, -0.1) is 0 Å². The monoisotopic (exact) mass is 373 g/mol. The van der Waals surface area contributed by atoms with Crippen LogP contribution in [0.15, 0.2) is 53.3 Å². The van der Waals surface area contributed by atoms with E-state index < -0.39 is 0 Å². The van der Waals surface area contributed by atoms with Gasteiger partial charge in [0.15, 0.2) is 5.76 Å². The van der Waals surface area contributed by atoms with Crippen molar-refractivity contribution in [2.45, 2.75) is 32.2 Å². The Hall–Kier alpha value is -2.99. The van der Waals surface area contributed by atoms with Crippen LogP contribution in [-0.4, -0.2) is 38.1 Å². The molecule has 1 unspecified atom stereocenters. The van der Waals surface area contributed by atoms with Crippen LogP contribution in [0.5, 0.6) is 0 Å². The van der Waals surface area contributed by atoms with E-state index >= 15 is 0 Å². The molecule has 1 saturated heterocycles. The van der Waals surface area contributed by atoms with Gasteiger partial charge in [-0.1, -0.05) is 11.2 Å². The van der Waals surface area contributed by atoms with Crippen LogP contribution >= 0.6 is 0 Å². The normalized spacial score (nSPS) is 18.0. The lowest BCUT2D eigenvalue weighted by Crippen LogP contribution is -2.34. The number of fused-ring (bicyclic) bond motifs is 1. The zero-order valence-corrected chi connectivity index (χ0v) is 15.9. The maximum absolute atomic E-state index is 5.58. The van der Waals surface area contributed by atoms with Crippen molar-refractivity contribution in [3.63, 3.8) is 0 Å². The zero-order valence-electron chi connectivity index (χ0n) is 15.9. The van der Waals surface area contributed by atoms with Crippen LogP contribution in [0.1, 0.15) is 35.9 Å². The molecule has 1 fully saturated rings. The number of rotatable bonds is 4. The molecule has 0 radical (unpaired) electrons. The maximum Gasteiger partial charge on any atom is 0.151 e. The smallest absolute Gasteiger partial charge is 0.151 e. The number of nitrogens with zero attached hydrogens (tertiary/aromatic N) is 4. The Morgan fingerprint density at radius 1 is 1.25 bits per heavy atom. The summed E-state index contributed by atoms with van der Waals surface area (Å²) in [5.41, 5.74) is 5.25. The number of aromatic amines is 1. The fourth-order valence-electron chi connectivity index (χ4n) is 4.02. The Bertz CT molecular complexity index is 1080. The number of hydrogen-bond donors (Lipinski definition) is 1. The van der Waals surface area contributed by atoms with Gasteiger partial charge in [-0.05, 0) is 56.1 Å². The predicted octanol–water partition coefficient (Wildman–Crippen LogP) is 4.30. The summed E-state index contributed by atoms with van der Waals surface area (Å²) in [6.07, 6.45) is 5.89. The molecule has 0 aliphatic carbocycles. The van der Waals surface area contributed by atoms with Crippen molar-refractivity contribution in [1.82, 2.24) is 25.0 Å². The molecule has 1 atom stereocenters. The summed E-state index contributed by atoms with van der Waals surface area (Å²) in [4.78, 5) is 15.0. The minimum absolute atomic E-state index is 0.419. The van der Waals surface area contributed by atoms with E-state index in [1.54, 1.807) is 6.20 Å². The van der Waals surface area contributed by atoms with Crippen molar-refractivity contribution < 1.29 is 4.52 Å². The Kier molecular flexibility index (Phi) is 4.41. The molecule has 4 heterocycles. The minimum atomic E-state index is 0.419. The Morgan fingerprint density at radius 2 is 2.21 bits per heavy atom. The van der Waals surface area contributed by atoms with Crippen molar-refractivity contribution in [2.24, 2.45) is 0 Å². The van der Waals surface area contributed by atoms with E-state index in [1.807, 2.05) is 24.4 Å². The second-order valence-electron chi connectivity index (χ2n) is 7.64. The number of nitrogens with one attached hydrogen (secondary N) is 1. The molecule has 142 valence electrons. The average molecular weight is 373 g/mol. The standard InChI is InChI=1S/C22H23N5O/c1-15-6-7-19-21(10-15)25-22(24-19)17-5-3-9-27(13-17)14-18-11-20(26-28-18)16-4-2-8-23-12-16/h2,4,6-8,10-12,17H,3,5,9,13-14H2,1H3,(H,24,25). The van der Waals surface area contributed by atoms with Crippen LogP contribution < -0.4 is 0 Å². The molecule has 0 spiro atoms. The number of pyridine rings is 1. The first kappa shape index (κ1) is 17.1. The van der Waals surface area contributed by atoms with Crippen molar-refractivity contribution in [1.29, 1.82) is 0 Å². The highest BCUT2D eigenvalue weighted by Gasteiger charge is 2.25. The molecule has 6 heteroatoms. The van der Waals surface area contributed by atoms with Crippen molar-refractivity contribution in [3.8, 4) is 11.3 Å². The van der Waals surface area contributed by atoms with E-state index in [2.05, 4.69) is 45.1 Å². The molecule has 28 heavy (non-hydrogen) atoms. The lowest BCUT2D eigenvalue weighted by Gasteiger charge is -2.30. The van der Waals surface area contributed by atoms with Crippen LogP contribution in [0.4, 0.5) is 0 Å². The van der Waals surface area contributed by atoms with Gasteiger partial charge in [0.05, 0.1) is 17.6 Å². The van der Waals surface area contributed by atoms with Crippen molar-refractivity contribution in [2.75, 3.05) is 13.1 Å². The lowest BCUT2D eigenvalue weighted by atomic mass is 9.97. The Labute approximate surface area is 163 Å². The fourth-order valence-corrected chi connectivity index (χ4v) is 4.02. The van der Waals surface area contributed by atoms with E-state index in [9.17, 15) is 0 Å². The molecule has 4 aromatic rings. The molecular weight excluding hydrogens is 350 g/mol. The summed E-state index contributed by atoms with van der Waals surface area (Å²) < 4.78 is 5.58. The molecule has 3 aromatic heterocycles. The lowest BCUT2D eigenvalue weighted by molar-refractivity contribution is 0.178. The van der Waals surface area contributed by atoms with Gasteiger partial charge in [0, 0.05) is 36.5 Å². The molecule has 1 N–H and O–H groups in total. The number of aryl methyl sites for hydroxylation is 1. The predicted molar refractivity (Wildman–Crippen MR) is 108 cm³/mol. The molecule has 5 rings (SSSR count). The second-order valence-corrected chi connectivity index (χ2v) is 7.64. The molecular formula is C22H23N5O. The van der Waals surface area contributed by atoms with E-state index in [0.29, 0.717) is 5.92 Å². The summed E-state index contributed by atoms with van der Waals surface area (Å²) in [6.45, 7) is 4.92. The SMILES string of the molecule is Cc1ccc2nc(C3CCCN(Cc4cc(-c5cccnc5)no4)C3)[nH]c2c1. The van der Waals surface area contributed by atoms with E-state index in [1.165, 1.54) is 5.56 Å². The zero-order chi connectivity index (χ0) is 18.9. The topological polar surface area (TPSA) is 70.8 Å². The highest BCUT2D eigenvalue weighted by molar-refractivity contribution is 5.75. The summed E-state index contributed by atoms with van der Waals surface area (Å²) in [7, 11) is 0. The van der Waals surface area contributed by atoms with Crippen LogP contribution in [0.3, 0.4) is 0 Å². The average Bonchev–Trinajstić information content (AvgIpc) is 3.35. The first-order valence-corrected chi connectivity index (χ1v) is 9.79. The van der Waals surface area contributed by atoms with Gasteiger partial charge in [-0.2, -0.15) is 0 Å². The van der Waals surface area contributed by atoms with Crippen LogP contribution in [0, 0.1) is 6.92 Å². The van der Waals surface area contributed by atoms with Gasteiger partial charge < -0.3 is 9.51 Å². The van der Waals surface area contributed by atoms with E-state index in [-0.39, 0.29) is 0 Å². The number of benzene rings is 1. The third-order valence-electron chi connectivity index (χ3n) is 5.44. The Morgan fingerprint density at radius 3 is 3.11 bits per heavy atom. The summed E-state index contributed by atoms with van der Waals surface area (Å²) in [6, 6.07) is 12.3. The molecule has 1 aliphatic rings. The highest BCUT2D eigenvalue weighted by atomic mass is 16.5. The number of H-pyrrole nitrogens is 1. The van der Waals surface area contributed by atoms with Gasteiger partial charge >= 0.3 is 0 Å². The molecule has 1 aliphatic heterocycles. The summed E-state index contributed by atoms with van der Waals surface area (Å²) in [5.74, 6) is 2.40. The van der Waals surface area contributed by atoms with E-state index in [4.69, 9.17) is 9.51 Å². The second kappa shape index (κ2) is 7.20. The molecule has 1 aromatic carbocycles. The maximum atomic E-state index is 5.58. The number of imidazole rings is 1. The molecule has 0 amide bonds. The summed E-state index contributed by atoms with van der Waals surface area (Å²) >= 11 is 0. The molecule has 0 bridgehead atoms. The number of hydrogen-bond acceptors (Lipinski definition) is 5. The minimum Gasteiger partial charge on any atom is -0.359 e. The van der Waals surface area contributed by atoms with Crippen molar-refractivity contribution >= 4 is 11.0 Å². The number of likely N-dealkylation sites (tertiary alicyclic amines) is 1. The quantitative estimate of drug-likeness (QED) is 0.577. The molecule has 0 saturated carbocycles. The van der Waals surface area contributed by atoms with E-state index in [0.717, 1.165) is 66.4 Å². The van der Waals surface area contributed by atoms with Gasteiger partial charge in [-0.3, -0.25) is 9.88 Å². The number of piperidine rings is 1. The first-order valence-electron chi connectivity index (χ1n) is 9.79. The van der Waals surface area contributed by atoms with Gasteiger partial charge in [0.25, 0.3) is 0 Å². The Balaban J connectivity index is 1.30. The van der Waals surface area contributed by atoms with Gasteiger partial charge in [-0.25, -0.2) is 4.98 Å². The number of aromatic nitrogens is 4. The van der Waals surface area contributed by atoms with Crippen LogP contribution in [0.2, 0.25) is 0 Å². The summed E-state index contributed by atoms with van der Waals surface area (Å²) in [5, 5.41) is 4.21. The third-order valence-corrected chi connectivity index (χ3v) is 5.44. The van der Waals surface area contributed by atoms with Crippen molar-refractivity contribution in [3.05, 3.63) is 65.9 Å². The van der Waals surface area contributed by atoms with Gasteiger partial charge in [0.2, 0.25) is 0 Å².